The Hall–Kier alpha value is -2.16. The van der Waals surface area contributed by atoms with Crippen molar-refractivity contribution in [3.05, 3.63) is 65.9 Å². The predicted molar refractivity (Wildman–Crippen MR) is 111 cm³/mol. The van der Waals surface area contributed by atoms with Crippen LogP contribution < -0.4 is 4.74 Å². The van der Waals surface area contributed by atoms with Crippen molar-refractivity contribution in [2.75, 3.05) is 0 Å². The van der Waals surface area contributed by atoms with E-state index in [1.165, 1.54) is 56.4 Å². The van der Waals surface area contributed by atoms with E-state index in [4.69, 9.17) is 4.74 Å². The van der Waals surface area contributed by atoms with E-state index in [0.717, 1.165) is 12.3 Å². The zero-order valence-electron chi connectivity index (χ0n) is 16.9. The number of ether oxygens (including phenoxy) is 1. The highest BCUT2D eigenvalue weighted by Gasteiger charge is 2.22. The van der Waals surface area contributed by atoms with E-state index in [0.29, 0.717) is 11.5 Å². The topological polar surface area (TPSA) is 9.23 Å². The van der Waals surface area contributed by atoms with Gasteiger partial charge >= 0.3 is 0 Å². The summed E-state index contributed by atoms with van der Waals surface area (Å²) in [6.45, 7) is 4.20. The van der Waals surface area contributed by atoms with Crippen molar-refractivity contribution in [2.24, 2.45) is 5.92 Å². The third kappa shape index (κ3) is 4.81. The van der Waals surface area contributed by atoms with E-state index in [1.807, 2.05) is 19.1 Å². The molecule has 0 aromatic heterocycles. The average Bonchev–Trinajstić information content (AvgIpc) is 2.72. The van der Waals surface area contributed by atoms with Crippen LogP contribution in [0.25, 0.3) is 11.1 Å². The van der Waals surface area contributed by atoms with Gasteiger partial charge in [-0.1, -0.05) is 51.0 Å². The Morgan fingerprint density at radius 1 is 0.929 bits per heavy atom. The molecule has 0 heterocycles. The molecule has 0 radical (unpaired) electrons. The van der Waals surface area contributed by atoms with Gasteiger partial charge in [-0.3, -0.25) is 0 Å². The fraction of sp³-hybridized carbons (Fsp3) is 0.440. The summed E-state index contributed by atoms with van der Waals surface area (Å²) in [7, 11) is 0. The first kappa shape index (κ1) is 20.6. The van der Waals surface area contributed by atoms with Crippen LogP contribution in [-0.4, -0.2) is 0 Å². The molecule has 2 aromatic carbocycles. The van der Waals surface area contributed by atoms with Gasteiger partial charge in [0, 0.05) is 5.56 Å². The summed E-state index contributed by atoms with van der Waals surface area (Å²) in [5, 5.41) is 0. The normalized spacial score (nSPS) is 19.9. The highest BCUT2D eigenvalue weighted by molar-refractivity contribution is 5.65. The molecule has 0 atom stereocenters. The van der Waals surface area contributed by atoms with Crippen molar-refractivity contribution in [1.82, 2.24) is 0 Å². The highest BCUT2D eigenvalue weighted by atomic mass is 19.2. The first-order valence-corrected chi connectivity index (χ1v) is 10.5. The van der Waals surface area contributed by atoms with Gasteiger partial charge in [-0.15, -0.1) is 0 Å². The number of benzene rings is 2. The number of hydrogen-bond acceptors (Lipinski definition) is 1. The monoisotopic (exact) mass is 384 g/mol. The molecule has 0 aliphatic heterocycles. The predicted octanol–water partition coefficient (Wildman–Crippen LogP) is 8.01. The zero-order chi connectivity index (χ0) is 19.9. The average molecular weight is 385 g/mol. The molecule has 150 valence electrons. The van der Waals surface area contributed by atoms with E-state index in [1.54, 1.807) is 12.1 Å². The summed E-state index contributed by atoms with van der Waals surface area (Å²) in [6, 6.07) is 11.0. The molecule has 2 aromatic rings. The van der Waals surface area contributed by atoms with Gasteiger partial charge in [0.1, 0.15) is 0 Å². The second kappa shape index (κ2) is 9.86. The second-order valence-electron chi connectivity index (χ2n) is 7.77. The quantitative estimate of drug-likeness (QED) is 0.439. The summed E-state index contributed by atoms with van der Waals surface area (Å²) >= 11 is 0. The van der Waals surface area contributed by atoms with Crippen LogP contribution in [0.4, 0.5) is 8.78 Å². The summed E-state index contributed by atoms with van der Waals surface area (Å²) < 4.78 is 34.0. The standard InChI is InChI=1S/C25H30F2O/c1-3-5-17-28-23-16-15-22(24(26)25(23)27)21-13-11-20(12-14-21)19-9-7-18(6-4-2)8-10-19/h5,11-19H,3-4,6-10H2,1-2H3/b17-5+. The molecule has 0 unspecified atom stereocenters. The lowest BCUT2D eigenvalue weighted by atomic mass is 9.77. The van der Waals surface area contributed by atoms with Crippen molar-refractivity contribution in [3.63, 3.8) is 0 Å². The van der Waals surface area contributed by atoms with Crippen molar-refractivity contribution >= 4 is 0 Å². The molecular formula is C25H30F2O. The summed E-state index contributed by atoms with van der Waals surface area (Å²) in [4.78, 5) is 0. The molecule has 1 aliphatic carbocycles. The lowest BCUT2D eigenvalue weighted by molar-refractivity contribution is 0.308. The number of hydrogen-bond donors (Lipinski definition) is 0. The molecular weight excluding hydrogens is 354 g/mol. The smallest absolute Gasteiger partial charge is 0.201 e. The summed E-state index contributed by atoms with van der Waals surface area (Å²) in [5.41, 5.74) is 2.27. The molecule has 3 rings (SSSR count). The largest absolute Gasteiger partial charge is 0.462 e. The van der Waals surface area contributed by atoms with Crippen LogP contribution >= 0.6 is 0 Å². The van der Waals surface area contributed by atoms with Gasteiger partial charge < -0.3 is 4.74 Å². The number of rotatable bonds is 7. The van der Waals surface area contributed by atoms with Gasteiger partial charge in [-0.25, -0.2) is 4.39 Å². The maximum atomic E-state index is 14.5. The van der Waals surface area contributed by atoms with E-state index in [2.05, 4.69) is 19.1 Å². The fourth-order valence-electron chi connectivity index (χ4n) is 4.19. The Morgan fingerprint density at radius 2 is 1.64 bits per heavy atom. The molecule has 1 fully saturated rings. The molecule has 0 amide bonds. The van der Waals surface area contributed by atoms with E-state index in [9.17, 15) is 8.78 Å². The molecule has 0 bridgehead atoms. The Morgan fingerprint density at radius 3 is 2.29 bits per heavy atom. The Bertz CT molecular complexity index is 787. The van der Waals surface area contributed by atoms with Gasteiger partial charge in [0.25, 0.3) is 0 Å². The minimum absolute atomic E-state index is 0.0913. The van der Waals surface area contributed by atoms with Crippen LogP contribution in [-0.2, 0) is 0 Å². The molecule has 28 heavy (non-hydrogen) atoms. The molecule has 0 spiro atoms. The Balaban J connectivity index is 1.71. The fourth-order valence-corrected chi connectivity index (χ4v) is 4.19. The minimum atomic E-state index is -0.948. The first-order chi connectivity index (χ1) is 13.6. The van der Waals surface area contributed by atoms with Crippen LogP contribution in [0.15, 0.2) is 48.7 Å². The molecule has 1 nitrogen and oxygen atoms in total. The molecule has 1 saturated carbocycles. The second-order valence-corrected chi connectivity index (χ2v) is 7.77. The highest BCUT2D eigenvalue weighted by Crippen LogP contribution is 2.38. The molecule has 1 aliphatic rings. The third-order valence-electron chi connectivity index (χ3n) is 5.81. The van der Waals surface area contributed by atoms with Crippen LogP contribution in [0.1, 0.15) is 70.3 Å². The Labute approximate surface area is 167 Å². The minimum Gasteiger partial charge on any atom is -0.462 e. The van der Waals surface area contributed by atoms with Gasteiger partial charge in [-0.05, 0) is 73.3 Å². The third-order valence-corrected chi connectivity index (χ3v) is 5.81. The van der Waals surface area contributed by atoms with Crippen molar-refractivity contribution < 1.29 is 13.5 Å². The molecule has 0 saturated heterocycles. The molecule has 3 heteroatoms. The molecule has 0 N–H and O–H groups in total. The van der Waals surface area contributed by atoms with Gasteiger partial charge in [0.15, 0.2) is 11.6 Å². The van der Waals surface area contributed by atoms with Crippen molar-refractivity contribution in [3.8, 4) is 16.9 Å². The summed E-state index contributed by atoms with van der Waals surface area (Å²) in [6.07, 6.45) is 11.6. The first-order valence-electron chi connectivity index (χ1n) is 10.5. The SMILES string of the molecule is CC/C=C/Oc1ccc(-c2ccc(C3CCC(CCC)CC3)cc2)c(F)c1F. The number of halogens is 2. The lowest BCUT2D eigenvalue weighted by Gasteiger charge is -2.28. The lowest BCUT2D eigenvalue weighted by Crippen LogP contribution is -2.13. The van der Waals surface area contributed by atoms with Gasteiger partial charge in [0.2, 0.25) is 5.82 Å². The van der Waals surface area contributed by atoms with Crippen molar-refractivity contribution in [1.29, 1.82) is 0 Å². The van der Waals surface area contributed by atoms with E-state index in [-0.39, 0.29) is 11.3 Å². The van der Waals surface area contributed by atoms with Gasteiger partial charge in [-0.2, -0.15) is 4.39 Å². The van der Waals surface area contributed by atoms with Crippen LogP contribution in [0.2, 0.25) is 0 Å². The number of allylic oxidation sites excluding steroid dienone is 1. The van der Waals surface area contributed by atoms with Crippen LogP contribution in [0.3, 0.4) is 0 Å². The Kier molecular flexibility index (Phi) is 7.24. The van der Waals surface area contributed by atoms with Gasteiger partial charge in [0.05, 0.1) is 6.26 Å². The van der Waals surface area contributed by atoms with E-state index < -0.39 is 11.6 Å². The van der Waals surface area contributed by atoms with Crippen LogP contribution in [0.5, 0.6) is 5.75 Å². The van der Waals surface area contributed by atoms with Crippen molar-refractivity contribution in [2.45, 2.75) is 64.7 Å². The summed E-state index contributed by atoms with van der Waals surface area (Å²) in [5.74, 6) is -0.437. The maximum Gasteiger partial charge on any atom is 0.201 e. The van der Waals surface area contributed by atoms with Crippen LogP contribution in [0, 0.1) is 17.6 Å². The maximum absolute atomic E-state index is 14.5. The van der Waals surface area contributed by atoms with E-state index >= 15 is 0 Å². The zero-order valence-corrected chi connectivity index (χ0v) is 16.9.